The van der Waals surface area contributed by atoms with E-state index in [2.05, 4.69) is 0 Å². The number of nitro groups is 1. The van der Waals surface area contributed by atoms with Gasteiger partial charge in [-0.2, -0.15) is 0 Å². The Bertz CT molecular complexity index is 942. The number of hydrogen-bond donors (Lipinski definition) is 1. The Balaban J connectivity index is 2.57. The lowest BCUT2D eigenvalue weighted by molar-refractivity contribution is -0.385. The summed E-state index contributed by atoms with van der Waals surface area (Å²) in [5.41, 5.74) is -0.314. The van der Waals surface area contributed by atoms with Crippen LogP contribution in [0.2, 0.25) is 0 Å². The third kappa shape index (κ3) is 4.34. The van der Waals surface area contributed by atoms with Gasteiger partial charge in [-0.25, -0.2) is 13.2 Å². The number of carboxylic acids is 1. The van der Waals surface area contributed by atoms with Crippen molar-refractivity contribution >= 4 is 27.4 Å². The molecule has 0 aliphatic rings. The average Bonchev–Trinajstić information content (AvgIpc) is 2.63. The third-order valence-electron chi connectivity index (χ3n) is 3.70. The van der Waals surface area contributed by atoms with Crippen LogP contribution >= 0.6 is 0 Å². The molecular formula is C17H18N2O7S. The van der Waals surface area contributed by atoms with Crippen molar-refractivity contribution in [1.82, 2.24) is 0 Å². The Morgan fingerprint density at radius 3 is 2.41 bits per heavy atom. The van der Waals surface area contributed by atoms with Gasteiger partial charge >= 0.3 is 5.97 Å². The number of anilines is 1. The maximum atomic E-state index is 13.1. The summed E-state index contributed by atoms with van der Waals surface area (Å²) in [4.78, 5) is 21.4. The molecule has 0 fully saturated rings. The van der Waals surface area contributed by atoms with E-state index >= 15 is 0 Å². The van der Waals surface area contributed by atoms with Gasteiger partial charge in [0, 0.05) is 12.1 Å². The van der Waals surface area contributed by atoms with E-state index in [4.69, 9.17) is 4.74 Å². The molecule has 0 spiro atoms. The van der Waals surface area contributed by atoms with Crippen LogP contribution in [0.3, 0.4) is 0 Å². The molecule has 10 heteroatoms. The molecule has 144 valence electrons. The van der Waals surface area contributed by atoms with E-state index in [1.54, 1.807) is 6.92 Å². The highest BCUT2D eigenvalue weighted by Crippen LogP contribution is 2.29. The van der Waals surface area contributed by atoms with Crippen molar-refractivity contribution in [1.29, 1.82) is 0 Å². The highest BCUT2D eigenvalue weighted by atomic mass is 32.2. The smallest absolute Gasteiger partial charge is 0.327 e. The number of ether oxygens (including phenoxy) is 1. The zero-order valence-electron chi connectivity index (χ0n) is 14.6. The van der Waals surface area contributed by atoms with Crippen molar-refractivity contribution < 1.29 is 28.0 Å². The molecule has 0 aromatic heterocycles. The van der Waals surface area contributed by atoms with Crippen LogP contribution < -0.4 is 9.04 Å². The van der Waals surface area contributed by atoms with E-state index in [0.29, 0.717) is 16.7 Å². The van der Waals surface area contributed by atoms with Crippen LogP contribution in [0.25, 0.3) is 0 Å². The minimum atomic E-state index is -4.37. The van der Waals surface area contributed by atoms with Gasteiger partial charge in [0.1, 0.15) is 11.8 Å². The summed E-state index contributed by atoms with van der Waals surface area (Å²) in [5.74, 6) is -0.866. The fraction of sp³-hybridized carbons (Fsp3) is 0.235. The van der Waals surface area contributed by atoms with Crippen molar-refractivity contribution in [2.45, 2.75) is 24.8 Å². The van der Waals surface area contributed by atoms with Crippen LogP contribution in [-0.2, 0) is 14.8 Å². The van der Waals surface area contributed by atoms with Crippen molar-refractivity contribution in [3.63, 3.8) is 0 Å². The molecule has 2 aromatic rings. The molecular weight excluding hydrogens is 376 g/mol. The number of nitro benzene ring substituents is 1. The van der Waals surface area contributed by atoms with Crippen molar-refractivity contribution in [3.8, 4) is 5.75 Å². The summed E-state index contributed by atoms with van der Waals surface area (Å²) >= 11 is 0. The predicted molar refractivity (Wildman–Crippen MR) is 97.5 cm³/mol. The molecule has 0 saturated carbocycles. The summed E-state index contributed by atoms with van der Waals surface area (Å²) in [6.07, 6.45) is 0. The number of hydrogen-bond acceptors (Lipinski definition) is 6. The van der Waals surface area contributed by atoms with Gasteiger partial charge in [0.25, 0.3) is 15.7 Å². The van der Waals surface area contributed by atoms with Gasteiger partial charge in [0.15, 0.2) is 0 Å². The third-order valence-corrected chi connectivity index (χ3v) is 5.59. The molecule has 1 N–H and O–H groups in total. The second-order valence-electron chi connectivity index (χ2n) is 5.50. The predicted octanol–water partition coefficient (Wildman–Crippen LogP) is 2.66. The van der Waals surface area contributed by atoms with Crippen LogP contribution in [0, 0.1) is 10.1 Å². The Hall–Kier alpha value is -3.14. The summed E-state index contributed by atoms with van der Waals surface area (Å²) in [7, 11) is -4.37. The quantitative estimate of drug-likeness (QED) is 0.538. The molecule has 9 nitrogen and oxygen atoms in total. The largest absolute Gasteiger partial charge is 0.494 e. The average molecular weight is 394 g/mol. The Kier molecular flexibility index (Phi) is 6.01. The van der Waals surface area contributed by atoms with Crippen LogP contribution in [0.5, 0.6) is 5.75 Å². The molecule has 27 heavy (non-hydrogen) atoms. The zero-order chi connectivity index (χ0) is 20.2. The van der Waals surface area contributed by atoms with E-state index in [9.17, 15) is 28.4 Å². The fourth-order valence-corrected chi connectivity index (χ4v) is 4.05. The van der Waals surface area contributed by atoms with E-state index < -0.39 is 32.6 Å². The Labute approximate surface area is 156 Å². The van der Waals surface area contributed by atoms with E-state index in [0.717, 1.165) is 12.1 Å². The van der Waals surface area contributed by atoms with Gasteiger partial charge in [-0.1, -0.05) is 6.07 Å². The van der Waals surface area contributed by atoms with Gasteiger partial charge in [-0.15, -0.1) is 0 Å². The molecule has 2 rings (SSSR count). The van der Waals surface area contributed by atoms with Gasteiger partial charge in [0.05, 0.1) is 22.1 Å². The maximum absolute atomic E-state index is 13.1. The maximum Gasteiger partial charge on any atom is 0.327 e. The highest BCUT2D eigenvalue weighted by molar-refractivity contribution is 7.93. The molecule has 0 heterocycles. The highest BCUT2D eigenvalue weighted by Gasteiger charge is 2.34. The van der Waals surface area contributed by atoms with Crippen molar-refractivity contribution in [3.05, 3.63) is 58.6 Å². The fourth-order valence-electron chi connectivity index (χ4n) is 2.40. The molecule has 0 radical (unpaired) electrons. The first-order chi connectivity index (χ1) is 12.7. The van der Waals surface area contributed by atoms with Crippen molar-refractivity contribution in [2.24, 2.45) is 0 Å². The lowest BCUT2D eigenvalue weighted by Gasteiger charge is -2.28. The molecule has 1 atom stereocenters. The molecule has 0 aliphatic carbocycles. The number of non-ortho nitro benzene ring substituents is 1. The van der Waals surface area contributed by atoms with Crippen LogP contribution in [0.15, 0.2) is 53.4 Å². The summed E-state index contributed by atoms with van der Waals surface area (Å²) in [6, 6.07) is 8.88. The molecule has 0 bridgehead atoms. The standard InChI is InChI=1S/C17H18N2O7S/c1-3-26-15-9-7-13(8-10-15)18(12(2)17(20)21)27(24,25)16-6-4-5-14(11-16)19(22)23/h4-12H,3H2,1-2H3,(H,20,21). The van der Waals surface area contributed by atoms with E-state index in [1.807, 2.05) is 0 Å². The minimum absolute atomic E-state index is 0.0971. The molecule has 2 aromatic carbocycles. The number of sulfonamides is 1. The van der Waals surface area contributed by atoms with Gasteiger partial charge in [0.2, 0.25) is 0 Å². The zero-order valence-corrected chi connectivity index (χ0v) is 15.4. The molecule has 0 amide bonds. The molecule has 0 saturated heterocycles. The first kappa shape index (κ1) is 20.2. The van der Waals surface area contributed by atoms with E-state index in [-0.39, 0.29) is 10.6 Å². The van der Waals surface area contributed by atoms with Crippen molar-refractivity contribution in [2.75, 3.05) is 10.9 Å². The van der Waals surface area contributed by atoms with Gasteiger partial charge in [-0.05, 0) is 44.2 Å². The van der Waals surface area contributed by atoms with Crippen LogP contribution in [0.4, 0.5) is 11.4 Å². The number of carboxylic acid groups (broad SMARTS) is 1. The molecule has 1 unspecified atom stereocenters. The Morgan fingerprint density at radius 2 is 1.89 bits per heavy atom. The first-order valence-corrected chi connectivity index (χ1v) is 9.37. The summed E-state index contributed by atoms with van der Waals surface area (Å²) < 4.78 is 32.2. The summed E-state index contributed by atoms with van der Waals surface area (Å²) in [5, 5.41) is 20.3. The number of rotatable bonds is 8. The van der Waals surface area contributed by atoms with Crippen LogP contribution in [0.1, 0.15) is 13.8 Å². The SMILES string of the molecule is CCOc1ccc(N(C(C)C(=O)O)S(=O)(=O)c2cccc([N+](=O)[O-])c2)cc1. The lowest BCUT2D eigenvalue weighted by atomic mass is 10.2. The van der Waals surface area contributed by atoms with Crippen LogP contribution in [-0.4, -0.2) is 37.1 Å². The minimum Gasteiger partial charge on any atom is -0.494 e. The topological polar surface area (TPSA) is 127 Å². The van der Waals surface area contributed by atoms with E-state index in [1.165, 1.54) is 43.3 Å². The normalized spacial score (nSPS) is 12.2. The first-order valence-electron chi connectivity index (χ1n) is 7.93. The lowest BCUT2D eigenvalue weighted by Crippen LogP contribution is -2.43. The number of nitrogens with zero attached hydrogens (tertiary/aromatic N) is 2. The second-order valence-corrected chi connectivity index (χ2v) is 7.31. The molecule has 0 aliphatic heterocycles. The summed E-state index contributed by atoms with van der Waals surface area (Å²) in [6.45, 7) is 3.42. The number of benzene rings is 2. The van der Waals surface area contributed by atoms with Gasteiger partial charge in [-0.3, -0.25) is 14.4 Å². The number of aliphatic carboxylic acids is 1. The Morgan fingerprint density at radius 1 is 1.26 bits per heavy atom. The van der Waals surface area contributed by atoms with Gasteiger partial charge < -0.3 is 9.84 Å². The number of carbonyl (C=O) groups is 1. The second kappa shape index (κ2) is 8.04. The monoisotopic (exact) mass is 394 g/mol.